The van der Waals surface area contributed by atoms with Gasteiger partial charge >= 0.3 is 0 Å². The van der Waals surface area contributed by atoms with Crippen LogP contribution in [-0.2, 0) is 19.5 Å². The van der Waals surface area contributed by atoms with Gasteiger partial charge in [-0.3, -0.25) is 15.0 Å². The van der Waals surface area contributed by atoms with E-state index in [-0.39, 0.29) is 0 Å². The molecule has 196 valence electrons. The lowest BCUT2D eigenvalue weighted by atomic mass is 9.99. The number of H-pyrrole nitrogens is 1. The van der Waals surface area contributed by atoms with Gasteiger partial charge < -0.3 is 10.3 Å². The van der Waals surface area contributed by atoms with Crippen LogP contribution in [0.1, 0.15) is 34.5 Å². The van der Waals surface area contributed by atoms with Crippen molar-refractivity contribution in [3.8, 4) is 22.4 Å². The van der Waals surface area contributed by atoms with Crippen molar-refractivity contribution in [1.29, 1.82) is 0 Å². The van der Waals surface area contributed by atoms with Crippen molar-refractivity contribution in [3.05, 3.63) is 124 Å². The molecule has 0 atom stereocenters. The van der Waals surface area contributed by atoms with Gasteiger partial charge in [0.05, 0.1) is 16.7 Å². The molecule has 1 aliphatic heterocycles. The topological polar surface area (TPSA) is 78.8 Å². The normalized spacial score (nSPS) is 13.2. The van der Waals surface area contributed by atoms with Crippen molar-refractivity contribution >= 4 is 28.1 Å². The number of imidazole rings is 1. The summed E-state index contributed by atoms with van der Waals surface area (Å²) in [5.41, 5.74) is 11.8. The largest absolute Gasteiger partial charge is 0.337 e. The molecule has 2 aromatic carbocycles. The Bertz CT molecular complexity index is 1800. The molecule has 5 heterocycles. The van der Waals surface area contributed by atoms with E-state index in [4.69, 9.17) is 15.0 Å². The Morgan fingerprint density at radius 1 is 0.850 bits per heavy atom. The number of nitrogens with zero attached hydrogens (tertiary/aromatic N) is 4. The third kappa shape index (κ3) is 4.97. The van der Waals surface area contributed by atoms with Crippen molar-refractivity contribution in [1.82, 2.24) is 25.3 Å². The molecule has 0 unspecified atom stereocenters. The summed E-state index contributed by atoms with van der Waals surface area (Å²) >= 11 is 1.70. The van der Waals surface area contributed by atoms with E-state index in [0.29, 0.717) is 0 Å². The number of rotatable bonds is 7. The lowest BCUT2D eigenvalue weighted by Gasteiger charge is -2.11. The SMILES string of the molecule is c1ccc(CNCc2cncc(-c3cc4c(cn3)CCCN=C4c3nc4c(-c5ccsc5)cccc4[nH]3)c2)cc1. The van der Waals surface area contributed by atoms with Crippen LogP contribution in [0.15, 0.2) is 101 Å². The summed E-state index contributed by atoms with van der Waals surface area (Å²) in [5.74, 6) is 0.801. The lowest BCUT2D eigenvalue weighted by molar-refractivity contribution is 0.691. The first-order valence-corrected chi connectivity index (χ1v) is 14.5. The Hall–Kier alpha value is -4.46. The molecule has 0 amide bonds. The molecule has 7 rings (SSSR count). The molecule has 0 saturated heterocycles. The fourth-order valence-corrected chi connectivity index (χ4v) is 5.93. The minimum atomic E-state index is 0.735. The van der Waals surface area contributed by atoms with Crippen molar-refractivity contribution < 1.29 is 0 Å². The summed E-state index contributed by atoms with van der Waals surface area (Å²) in [4.78, 5) is 23.0. The molecule has 40 heavy (non-hydrogen) atoms. The summed E-state index contributed by atoms with van der Waals surface area (Å²) in [5, 5.41) is 7.79. The number of fused-ring (bicyclic) bond motifs is 2. The van der Waals surface area contributed by atoms with E-state index in [1.54, 1.807) is 11.3 Å². The maximum atomic E-state index is 5.09. The van der Waals surface area contributed by atoms with Crippen LogP contribution in [0.2, 0.25) is 0 Å². The van der Waals surface area contributed by atoms with Crippen LogP contribution in [0, 0.1) is 0 Å². The molecule has 6 nitrogen and oxygen atoms in total. The zero-order chi connectivity index (χ0) is 26.7. The third-order valence-corrected chi connectivity index (χ3v) is 7.96. The average Bonchev–Trinajstić information content (AvgIpc) is 3.64. The number of aromatic amines is 1. The summed E-state index contributed by atoms with van der Waals surface area (Å²) in [6, 6.07) is 23.2. The van der Waals surface area contributed by atoms with Crippen molar-refractivity contribution in [3.63, 3.8) is 0 Å². The molecule has 0 aliphatic carbocycles. The van der Waals surface area contributed by atoms with Crippen molar-refractivity contribution in [2.45, 2.75) is 25.9 Å². The van der Waals surface area contributed by atoms with Crippen LogP contribution in [-0.4, -0.2) is 32.2 Å². The predicted octanol–water partition coefficient (Wildman–Crippen LogP) is 6.82. The fraction of sp³-hybridized carbons (Fsp3) is 0.152. The van der Waals surface area contributed by atoms with E-state index in [1.165, 1.54) is 16.7 Å². The van der Waals surface area contributed by atoms with Gasteiger partial charge in [-0.25, -0.2) is 4.98 Å². The van der Waals surface area contributed by atoms with Crippen LogP contribution in [0.3, 0.4) is 0 Å². The molecule has 0 bridgehead atoms. The van der Waals surface area contributed by atoms with Gasteiger partial charge in [-0.15, -0.1) is 0 Å². The number of thiophene rings is 1. The number of hydrogen-bond acceptors (Lipinski definition) is 6. The molecular formula is C33H28N6S. The molecule has 0 fully saturated rings. The van der Waals surface area contributed by atoms with Gasteiger partial charge in [-0.1, -0.05) is 42.5 Å². The molecular weight excluding hydrogens is 512 g/mol. The van der Waals surface area contributed by atoms with E-state index in [9.17, 15) is 0 Å². The molecule has 2 N–H and O–H groups in total. The average molecular weight is 541 g/mol. The summed E-state index contributed by atoms with van der Waals surface area (Å²) < 4.78 is 0. The second-order valence-electron chi connectivity index (χ2n) is 10.0. The van der Waals surface area contributed by atoms with Gasteiger partial charge in [0.1, 0.15) is 5.71 Å². The Labute approximate surface area is 236 Å². The minimum Gasteiger partial charge on any atom is -0.337 e. The van der Waals surface area contributed by atoms with Crippen LogP contribution in [0.5, 0.6) is 0 Å². The highest BCUT2D eigenvalue weighted by Crippen LogP contribution is 2.30. The maximum absolute atomic E-state index is 5.09. The highest BCUT2D eigenvalue weighted by Gasteiger charge is 2.20. The number of aromatic nitrogens is 4. The summed E-state index contributed by atoms with van der Waals surface area (Å²) in [7, 11) is 0. The van der Waals surface area contributed by atoms with Crippen molar-refractivity contribution in [2.24, 2.45) is 4.99 Å². The van der Waals surface area contributed by atoms with Crippen LogP contribution in [0.4, 0.5) is 0 Å². The molecule has 0 saturated carbocycles. The fourth-order valence-electron chi connectivity index (χ4n) is 5.28. The highest BCUT2D eigenvalue weighted by atomic mass is 32.1. The third-order valence-electron chi connectivity index (χ3n) is 7.28. The van der Waals surface area contributed by atoms with Crippen molar-refractivity contribution in [2.75, 3.05) is 6.54 Å². The van der Waals surface area contributed by atoms with Gasteiger partial charge in [0.25, 0.3) is 0 Å². The monoisotopic (exact) mass is 540 g/mol. The zero-order valence-electron chi connectivity index (χ0n) is 22.0. The Morgan fingerprint density at radius 3 is 2.67 bits per heavy atom. The summed E-state index contributed by atoms with van der Waals surface area (Å²) in [6.07, 6.45) is 7.74. The van der Waals surface area contributed by atoms with Crippen LogP contribution >= 0.6 is 11.3 Å². The number of aryl methyl sites for hydroxylation is 1. The van der Waals surface area contributed by atoms with E-state index in [1.807, 2.05) is 24.7 Å². The molecule has 7 heteroatoms. The maximum Gasteiger partial charge on any atom is 0.157 e. The molecule has 0 spiro atoms. The Balaban J connectivity index is 1.20. The van der Waals surface area contributed by atoms with E-state index in [0.717, 1.165) is 83.0 Å². The van der Waals surface area contributed by atoms with E-state index >= 15 is 0 Å². The minimum absolute atomic E-state index is 0.735. The predicted molar refractivity (Wildman–Crippen MR) is 163 cm³/mol. The number of pyridine rings is 2. The van der Waals surface area contributed by atoms with Gasteiger partial charge in [0.2, 0.25) is 0 Å². The molecule has 0 radical (unpaired) electrons. The molecule has 4 aromatic heterocycles. The van der Waals surface area contributed by atoms with Crippen LogP contribution in [0.25, 0.3) is 33.4 Å². The van der Waals surface area contributed by atoms with Gasteiger partial charge in [-0.05, 0) is 70.1 Å². The summed E-state index contributed by atoms with van der Waals surface area (Å²) in [6.45, 7) is 2.31. The number of hydrogen-bond donors (Lipinski definition) is 2. The van der Waals surface area contributed by atoms with Crippen LogP contribution < -0.4 is 5.32 Å². The Kier molecular flexibility index (Phi) is 6.73. The number of aliphatic imine (C=N–C) groups is 1. The van der Waals surface area contributed by atoms with E-state index < -0.39 is 0 Å². The lowest BCUT2D eigenvalue weighted by Crippen LogP contribution is -2.13. The number of nitrogens with one attached hydrogen (secondary N) is 2. The number of para-hydroxylation sites is 1. The Morgan fingerprint density at radius 2 is 1.77 bits per heavy atom. The quantitative estimate of drug-likeness (QED) is 0.233. The molecule has 6 aromatic rings. The standard InChI is InChI=1S/C33H28N6S/c1-2-6-22(7-3-1)16-34-17-23-14-26(19-35-18-23)30-15-28-24(20-37-30)8-5-12-36-32(28)33-38-29-10-4-9-27(31(29)39-33)25-11-13-40-21-25/h1-4,6-7,9-11,13-15,18-21,34H,5,8,12,16-17H2,(H,38,39). The first kappa shape index (κ1) is 24.6. The van der Waals surface area contributed by atoms with E-state index in [2.05, 4.69) is 86.7 Å². The zero-order valence-corrected chi connectivity index (χ0v) is 22.8. The van der Waals surface area contributed by atoms with Gasteiger partial charge in [0.15, 0.2) is 5.82 Å². The highest BCUT2D eigenvalue weighted by molar-refractivity contribution is 7.08. The smallest absolute Gasteiger partial charge is 0.157 e. The first-order valence-electron chi connectivity index (χ1n) is 13.6. The second kappa shape index (κ2) is 11.0. The van der Waals surface area contributed by atoms with Gasteiger partial charge in [0, 0.05) is 54.9 Å². The molecule has 1 aliphatic rings. The number of benzene rings is 2. The first-order chi connectivity index (χ1) is 19.8. The second-order valence-corrected chi connectivity index (χ2v) is 10.8. The van der Waals surface area contributed by atoms with Gasteiger partial charge in [-0.2, -0.15) is 11.3 Å².